The van der Waals surface area contributed by atoms with Crippen molar-refractivity contribution in [3.8, 4) is 5.75 Å². The third kappa shape index (κ3) is 1.29. The van der Waals surface area contributed by atoms with E-state index >= 15 is 0 Å². The zero-order valence-electron chi connectivity index (χ0n) is 6.29. The lowest BCUT2D eigenvalue weighted by Crippen LogP contribution is -2.17. The topological polar surface area (TPSA) is 90.4 Å². The molecule has 0 fully saturated rings. The van der Waals surface area contributed by atoms with E-state index < -0.39 is 22.8 Å². The first-order valence-electron chi connectivity index (χ1n) is 3.18. The lowest BCUT2D eigenvalue weighted by atomic mass is 10.2. The number of aromatic carboxylic acids is 1. The lowest BCUT2D eigenvalue weighted by molar-refractivity contribution is 0.0691. The van der Waals surface area contributed by atoms with Gasteiger partial charge in [-0.05, 0) is 6.92 Å². The first-order chi connectivity index (χ1) is 5.52. The van der Waals surface area contributed by atoms with E-state index in [4.69, 9.17) is 10.2 Å². The second-order valence-corrected chi connectivity index (χ2v) is 2.35. The maximum absolute atomic E-state index is 10.9. The van der Waals surface area contributed by atoms with E-state index in [0.29, 0.717) is 5.69 Å². The van der Waals surface area contributed by atoms with Gasteiger partial charge in [-0.2, -0.15) is 0 Å². The molecular formula is C7H7NO4. The molecule has 5 nitrogen and oxygen atoms in total. The van der Waals surface area contributed by atoms with Crippen molar-refractivity contribution in [2.24, 2.45) is 0 Å². The summed E-state index contributed by atoms with van der Waals surface area (Å²) in [5.41, 5.74) is -0.997. The molecule has 0 atom stereocenters. The van der Waals surface area contributed by atoms with E-state index in [1.165, 1.54) is 6.07 Å². The average molecular weight is 169 g/mol. The number of nitrogens with one attached hydrogen (secondary N) is 1. The van der Waals surface area contributed by atoms with E-state index in [1.807, 2.05) is 0 Å². The van der Waals surface area contributed by atoms with Crippen LogP contribution in [0.5, 0.6) is 5.75 Å². The molecule has 0 aromatic carbocycles. The number of hydrogen-bond donors (Lipinski definition) is 3. The van der Waals surface area contributed by atoms with Gasteiger partial charge in [0.2, 0.25) is 0 Å². The molecule has 0 aliphatic carbocycles. The fraction of sp³-hybridized carbons (Fsp3) is 0.143. The van der Waals surface area contributed by atoms with Crippen LogP contribution in [0.2, 0.25) is 0 Å². The Morgan fingerprint density at radius 2 is 2.17 bits per heavy atom. The third-order valence-corrected chi connectivity index (χ3v) is 1.36. The number of carbonyl (C=O) groups is 1. The van der Waals surface area contributed by atoms with Crippen LogP contribution in [0.15, 0.2) is 10.9 Å². The van der Waals surface area contributed by atoms with Crippen molar-refractivity contribution >= 4 is 5.97 Å². The number of pyridine rings is 1. The fourth-order valence-electron chi connectivity index (χ4n) is 0.878. The van der Waals surface area contributed by atoms with E-state index in [2.05, 4.69) is 4.98 Å². The van der Waals surface area contributed by atoms with Crippen LogP contribution in [0, 0.1) is 6.92 Å². The molecule has 0 spiro atoms. The predicted molar refractivity (Wildman–Crippen MR) is 40.4 cm³/mol. The normalized spacial score (nSPS) is 9.75. The highest BCUT2D eigenvalue weighted by atomic mass is 16.4. The number of hydrogen-bond acceptors (Lipinski definition) is 3. The Morgan fingerprint density at radius 3 is 2.58 bits per heavy atom. The summed E-state index contributed by atoms with van der Waals surface area (Å²) < 4.78 is 0. The van der Waals surface area contributed by atoms with Crippen molar-refractivity contribution in [1.82, 2.24) is 4.98 Å². The summed E-state index contributed by atoms with van der Waals surface area (Å²) in [5.74, 6) is -1.95. The van der Waals surface area contributed by atoms with Crippen LogP contribution in [0.1, 0.15) is 16.1 Å². The Hall–Kier alpha value is -1.78. The highest BCUT2D eigenvalue weighted by molar-refractivity contribution is 5.90. The van der Waals surface area contributed by atoms with Crippen LogP contribution in [0.4, 0.5) is 0 Å². The monoisotopic (exact) mass is 169 g/mol. The average Bonchev–Trinajstić information content (AvgIpc) is 1.82. The number of aromatic nitrogens is 1. The minimum Gasteiger partial charge on any atom is -0.507 e. The minimum atomic E-state index is -1.44. The molecule has 3 N–H and O–H groups in total. The van der Waals surface area contributed by atoms with Gasteiger partial charge in [0.25, 0.3) is 5.56 Å². The van der Waals surface area contributed by atoms with Gasteiger partial charge < -0.3 is 15.2 Å². The molecule has 1 heterocycles. The number of H-pyrrole nitrogens is 1. The van der Waals surface area contributed by atoms with Gasteiger partial charge in [-0.1, -0.05) is 0 Å². The smallest absolute Gasteiger partial charge is 0.345 e. The summed E-state index contributed by atoms with van der Waals surface area (Å²) >= 11 is 0. The van der Waals surface area contributed by atoms with Gasteiger partial charge in [0.1, 0.15) is 5.75 Å². The Balaban J connectivity index is 3.49. The molecule has 1 aromatic heterocycles. The minimum absolute atomic E-state index is 0.419. The summed E-state index contributed by atoms with van der Waals surface area (Å²) in [7, 11) is 0. The first kappa shape index (κ1) is 8.32. The number of aryl methyl sites for hydroxylation is 1. The zero-order chi connectivity index (χ0) is 9.30. The van der Waals surface area contributed by atoms with E-state index in [-0.39, 0.29) is 0 Å². The molecule has 1 rings (SSSR count). The van der Waals surface area contributed by atoms with Gasteiger partial charge >= 0.3 is 5.97 Å². The molecule has 64 valence electrons. The van der Waals surface area contributed by atoms with Crippen molar-refractivity contribution in [2.45, 2.75) is 6.92 Å². The number of rotatable bonds is 1. The zero-order valence-corrected chi connectivity index (χ0v) is 6.29. The highest BCUT2D eigenvalue weighted by Crippen LogP contribution is 2.11. The van der Waals surface area contributed by atoms with Crippen LogP contribution < -0.4 is 5.56 Å². The van der Waals surface area contributed by atoms with Gasteiger partial charge in [-0.15, -0.1) is 0 Å². The Kier molecular flexibility index (Phi) is 1.86. The van der Waals surface area contributed by atoms with Crippen LogP contribution in [0.3, 0.4) is 0 Å². The van der Waals surface area contributed by atoms with Crippen molar-refractivity contribution in [3.05, 3.63) is 27.7 Å². The molecule has 0 bridgehead atoms. The third-order valence-electron chi connectivity index (χ3n) is 1.36. The highest BCUT2D eigenvalue weighted by Gasteiger charge is 2.14. The largest absolute Gasteiger partial charge is 0.507 e. The number of aromatic amines is 1. The summed E-state index contributed by atoms with van der Waals surface area (Å²) in [6, 6.07) is 1.19. The summed E-state index contributed by atoms with van der Waals surface area (Å²) in [5, 5.41) is 17.5. The Morgan fingerprint density at radius 1 is 1.58 bits per heavy atom. The maximum Gasteiger partial charge on any atom is 0.345 e. The van der Waals surface area contributed by atoms with E-state index in [1.54, 1.807) is 6.92 Å². The summed E-state index contributed by atoms with van der Waals surface area (Å²) in [4.78, 5) is 23.5. The van der Waals surface area contributed by atoms with Crippen molar-refractivity contribution < 1.29 is 15.0 Å². The number of carboxylic acid groups (broad SMARTS) is 1. The number of aromatic hydroxyl groups is 1. The molecule has 12 heavy (non-hydrogen) atoms. The van der Waals surface area contributed by atoms with Gasteiger partial charge in [0.15, 0.2) is 5.56 Å². The molecule has 5 heteroatoms. The predicted octanol–water partition coefficient (Wildman–Crippen LogP) is 0.0871. The van der Waals surface area contributed by atoms with Crippen molar-refractivity contribution in [2.75, 3.05) is 0 Å². The Bertz CT molecular complexity index is 379. The van der Waals surface area contributed by atoms with Crippen molar-refractivity contribution in [3.63, 3.8) is 0 Å². The molecule has 0 unspecified atom stereocenters. The molecular weight excluding hydrogens is 162 g/mol. The van der Waals surface area contributed by atoms with Gasteiger partial charge in [0.05, 0.1) is 0 Å². The molecule has 0 amide bonds. The second-order valence-electron chi connectivity index (χ2n) is 2.35. The van der Waals surface area contributed by atoms with Crippen molar-refractivity contribution in [1.29, 1.82) is 0 Å². The SMILES string of the molecule is Cc1cc(O)c(C(=O)O)c(=O)[nH]1. The lowest BCUT2D eigenvalue weighted by Gasteiger charge is -1.98. The second kappa shape index (κ2) is 2.69. The maximum atomic E-state index is 10.9. The first-order valence-corrected chi connectivity index (χ1v) is 3.18. The molecule has 0 aliphatic rings. The van der Waals surface area contributed by atoms with Crippen LogP contribution in [-0.2, 0) is 0 Å². The molecule has 0 radical (unpaired) electrons. The van der Waals surface area contributed by atoms with Crippen LogP contribution >= 0.6 is 0 Å². The van der Waals surface area contributed by atoms with Gasteiger partial charge in [-0.3, -0.25) is 4.79 Å². The van der Waals surface area contributed by atoms with Gasteiger partial charge in [0, 0.05) is 11.8 Å². The van der Waals surface area contributed by atoms with E-state index in [0.717, 1.165) is 0 Å². The van der Waals surface area contributed by atoms with E-state index in [9.17, 15) is 9.59 Å². The quantitative estimate of drug-likeness (QED) is 0.555. The molecule has 0 saturated carbocycles. The van der Waals surface area contributed by atoms with Gasteiger partial charge in [-0.25, -0.2) is 4.79 Å². The molecule has 0 aliphatic heterocycles. The summed E-state index contributed by atoms with van der Waals surface area (Å²) in [6.45, 7) is 1.55. The number of carboxylic acids is 1. The van der Waals surface area contributed by atoms with Crippen LogP contribution in [0.25, 0.3) is 0 Å². The molecule has 0 saturated heterocycles. The summed E-state index contributed by atoms with van der Waals surface area (Å²) in [6.07, 6.45) is 0. The standard InChI is InChI=1S/C7H7NO4/c1-3-2-4(9)5(7(11)12)6(10)8-3/h2H,1H3,(H,11,12)(H2,8,9,10). The van der Waals surface area contributed by atoms with Crippen LogP contribution in [-0.4, -0.2) is 21.2 Å². The fourth-order valence-corrected chi connectivity index (χ4v) is 0.878. The Labute approximate surface area is 67.3 Å². The molecule has 1 aromatic rings.